The molecule has 2 aliphatic carbocycles. The standard InChI is InChI=1S/C11H16/c1-8-4-3-5-10-9(2)6-7-11(8)10/h3,5,8-9H,4,6-7H2,1-2H3. The first-order valence-electron chi connectivity index (χ1n) is 4.68. The lowest BCUT2D eigenvalue weighted by Gasteiger charge is -2.17. The predicted molar refractivity (Wildman–Crippen MR) is 48.3 cm³/mol. The zero-order chi connectivity index (χ0) is 7.84. The van der Waals surface area contributed by atoms with Crippen molar-refractivity contribution in [2.45, 2.75) is 33.1 Å². The van der Waals surface area contributed by atoms with Gasteiger partial charge in [-0.25, -0.2) is 0 Å². The van der Waals surface area contributed by atoms with Crippen molar-refractivity contribution in [3.05, 3.63) is 23.3 Å². The summed E-state index contributed by atoms with van der Waals surface area (Å²) in [5.74, 6) is 1.67. The lowest BCUT2D eigenvalue weighted by Crippen LogP contribution is -2.02. The van der Waals surface area contributed by atoms with Crippen LogP contribution in [-0.2, 0) is 0 Å². The molecule has 0 bridgehead atoms. The lowest BCUT2D eigenvalue weighted by molar-refractivity contribution is 0.650. The summed E-state index contributed by atoms with van der Waals surface area (Å²) in [6, 6.07) is 0. The summed E-state index contributed by atoms with van der Waals surface area (Å²) in [6.45, 7) is 4.71. The van der Waals surface area contributed by atoms with E-state index >= 15 is 0 Å². The maximum Gasteiger partial charge on any atom is -0.0188 e. The van der Waals surface area contributed by atoms with Gasteiger partial charge in [0.2, 0.25) is 0 Å². The normalized spacial score (nSPS) is 36.2. The van der Waals surface area contributed by atoms with Gasteiger partial charge in [-0.15, -0.1) is 0 Å². The van der Waals surface area contributed by atoms with Crippen LogP contribution in [0.2, 0.25) is 0 Å². The molecular formula is C11H16. The molecule has 0 spiro atoms. The van der Waals surface area contributed by atoms with Gasteiger partial charge in [0, 0.05) is 0 Å². The first-order valence-corrected chi connectivity index (χ1v) is 4.68. The minimum absolute atomic E-state index is 0.833. The van der Waals surface area contributed by atoms with Crippen LogP contribution < -0.4 is 0 Å². The summed E-state index contributed by atoms with van der Waals surface area (Å²) >= 11 is 0. The van der Waals surface area contributed by atoms with Gasteiger partial charge in [-0.1, -0.05) is 31.6 Å². The number of hydrogen-bond donors (Lipinski definition) is 0. The van der Waals surface area contributed by atoms with Crippen LogP contribution in [0.1, 0.15) is 33.1 Å². The second-order valence-electron chi connectivity index (χ2n) is 3.96. The molecule has 0 saturated heterocycles. The van der Waals surface area contributed by atoms with E-state index in [4.69, 9.17) is 0 Å². The Labute approximate surface area is 69.0 Å². The van der Waals surface area contributed by atoms with E-state index in [1.165, 1.54) is 19.3 Å². The molecule has 60 valence electrons. The Morgan fingerprint density at radius 1 is 1.27 bits per heavy atom. The molecule has 2 unspecified atom stereocenters. The van der Waals surface area contributed by atoms with E-state index in [9.17, 15) is 0 Å². The molecular weight excluding hydrogens is 132 g/mol. The summed E-state index contributed by atoms with van der Waals surface area (Å²) in [7, 11) is 0. The molecule has 0 aromatic carbocycles. The van der Waals surface area contributed by atoms with Crippen LogP contribution in [0.4, 0.5) is 0 Å². The fourth-order valence-electron chi connectivity index (χ4n) is 2.33. The number of allylic oxidation sites excluding steroid dienone is 4. The molecule has 0 fully saturated rings. The second kappa shape index (κ2) is 2.51. The first kappa shape index (κ1) is 7.15. The number of rotatable bonds is 0. The van der Waals surface area contributed by atoms with Crippen LogP contribution in [-0.4, -0.2) is 0 Å². The van der Waals surface area contributed by atoms with E-state index in [2.05, 4.69) is 26.0 Å². The Hall–Kier alpha value is -0.520. The molecule has 11 heavy (non-hydrogen) atoms. The Morgan fingerprint density at radius 3 is 2.82 bits per heavy atom. The predicted octanol–water partition coefficient (Wildman–Crippen LogP) is 3.31. The summed E-state index contributed by atoms with van der Waals surface area (Å²) in [6.07, 6.45) is 8.71. The molecule has 0 aromatic heterocycles. The molecule has 2 atom stereocenters. The Morgan fingerprint density at radius 2 is 2.09 bits per heavy atom. The zero-order valence-electron chi connectivity index (χ0n) is 7.43. The van der Waals surface area contributed by atoms with Crippen LogP contribution in [0.15, 0.2) is 23.3 Å². The highest BCUT2D eigenvalue weighted by atomic mass is 14.3. The average Bonchev–Trinajstić information content (AvgIpc) is 2.35. The molecule has 2 rings (SSSR count). The smallest absolute Gasteiger partial charge is 0.0188 e. The molecule has 0 N–H and O–H groups in total. The second-order valence-corrected chi connectivity index (χ2v) is 3.96. The van der Waals surface area contributed by atoms with Gasteiger partial charge in [-0.05, 0) is 36.7 Å². The lowest BCUT2D eigenvalue weighted by atomic mass is 9.88. The molecule has 0 amide bonds. The van der Waals surface area contributed by atoms with Crippen molar-refractivity contribution in [1.82, 2.24) is 0 Å². The van der Waals surface area contributed by atoms with E-state index in [1.54, 1.807) is 11.1 Å². The molecule has 0 aromatic rings. The minimum Gasteiger partial charge on any atom is -0.0837 e. The minimum atomic E-state index is 0.833. The van der Waals surface area contributed by atoms with Gasteiger partial charge in [0.1, 0.15) is 0 Å². The van der Waals surface area contributed by atoms with Crippen molar-refractivity contribution in [3.63, 3.8) is 0 Å². The SMILES string of the molecule is CC1CCC2=C1C=CCC2C. The average molecular weight is 148 g/mol. The molecule has 0 radical (unpaired) electrons. The fourth-order valence-corrected chi connectivity index (χ4v) is 2.33. The summed E-state index contributed by atoms with van der Waals surface area (Å²) < 4.78 is 0. The van der Waals surface area contributed by atoms with Crippen molar-refractivity contribution < 1.29 is 0 Å². The highest BCUT2D eigenvalue weighted by Gasteiger charge is 2.24. The van der Waals surface area contributed by atoms with E-state index in [-0.39, 0.29) is 0 Å². The van der Waals surface area contributed by atoms with E-state index < -0.39 is 0 Å². The fraction of sp³-hybridized carbons (Fsp3) is 0.636. The largest absolute Gasteiger partial charge is 0.0837 e. The first-order chi connectivity index (χ1) is 5.29. The topological polar surface area (TPSA) is 0 Å². The van der Waals surface area contributed by atoms with Crippen molar-refractivity contribution in [1.29, 1.82) is 0 Å². The maximum absolute atomic E-state index is 2.36. The quantitative estimate of drug-likeness (QED) is 0.494. The third-order valence-electron chi connectivity index (χ3n) is 3.13. The molecule has 0 heteroatoms. The van der Waals surface area contributed by atoms with Crippen molar-refractivity contribution >= 4 is 0 Å². The Kier molecular flexibility index (Phi) is 1.63. The molecule has 0 saturated carbocycles. The maximum atomic E-state index is 2.36. The van der Waals surface area contributed by atoms with Gasteiger partial charge in [0.05, 0.1) is 0 Å². The van der Waals surface area contributed by atoms with E-state index in [0.717, 1.165) is 11.8 Å². The highest BCUT2D eigenvalue weighted by molar-refractivity contribution is 5.36. The van der Waals surface area contributed by atoms with Gasteiger partial charge in [-0.2, -0.15) is 0 Å². The molecule has 0 aliphatic heterocycles. The van der Waals surface area contributed by atoms with Crippen LogP contribution in [0.5, 0.6) is 0 Å². The van der Waals surface area contributed by atoms with Crippen LogP contribution >= 0.6 is 0 Å². The molecule has 2 aliphatic rings. The van der Waals surface area contributed by atoms with Crippen LogP contribution in [0, 0.1) is 11.8 Å². The van der Waals surface area contributed by atoms with Crippen LogP contribution in [0.25, 0.3) is 0 Å². The summed E-state index contributed by atoms with van der Waals surface area (Å²) in [4.78, 5) is 0. The van der Waals surface area contributed by atoms with Gasteiger partial charge >= 0.3 is 0 Å². The van der Waals surface area contributed by atoms with Crippen molar-refractivity contribution in [3.8, 4) is 0 Å². The molecule has 0 heterocycles. The van der Waals surface area contributed by atoms with Crippen molar-refractivity contribution in [2.24, 2.45) is 11.8 Å². The third-order valence-corrected chi connectivity index (χ3v) is 3.13. The zero-order valence-corrected chi connectivity index (χ0v) is 7.43. The van der Waals surface area contributed by atoms with Crippen molar-refractivity contribution in [2.75, 3.05) is 0 Å². The van der Waals surface area contributed by atoms with Gasteiger partial charge in [0.25, 0.3) is 0 Å². The highest BCUT2D eigenvalue weighted by Crippen LogP contribution is 2.40. The molecule has 0 nitrogen and oxygen atoms in total. The van der Waals surface area contributed by atoms with Gasteiger partial charge < -0.3 is 0 Å². The third kappa shape index (κ3) is 1.05. The summed E-state index contributed by atoms with van der Waals surface area (Å²) in [5, 5.41) is 0. The summed E-state index contributed by atoms with van der Waals surface area (Å²) in [5.41, 5.74) is 3.41. The van der Waals surface area contributed by atoms with Gasteiger partial charge in [-0.3, -0.25) is 0 Å². The Bertz CT molecular complexity index is 220. The Balaban J connectivity index is 2.33. The van der Waals surface area contributed by atoms with E-state index in [0.29, 0.717) is 0 Å². The van der Waals surface area contributed by atoms with E-state index in [1.807, 2.05) is 0 Å². The number of hydrogen-bond acceptors (Lipinski definition) is 0. The monoisotopic (exact) mass is 148 g/mol. The van der Waals surface area contributed by atoms with Gasteiger partial charge in [0.15, 0.2) is 0 Å². The van der Waals surface area contributed by atoms with Crippen LogP contribution in [0.3, 0.4) is 0 Å².